The van der Waals surface area contributed by atoms with Gasteiger partial charge in [-0.05, 0) is 37.5 Å². The van der Waals surface area contributed by atoms with Crippen molar-refractivity contribution in [3.63, 3.8) is 0 Å². The Balaban J connectivity index is 1.87. The molecular weight excluding hydrogens is 228 g/mol. The summed E-state index contributed by atoms with van der Waals surface area (Å²) >= 11 is 0. The Kier molecular flexibility index (Phi) is 2.63. The number of phenolic OH excluding ortho intramolecular Hbond substituents is 1. The van der Waals surface area contributed by atoms with Crippen LogP contribution in [0.5, 0.6) is 5.75 Å². The Morgan fingerprint density at radius 1 is 1.33 bits per heavy atom. The number of hydrogen-bond donors (Lipinski definition) is 2. The van der Waals surface area contributed by atoms with Crippen molar-refractivity contribution < 1.29 is 9.90 Å². The first-order valence-corrected chi connectivity index (χ1v) is 6.12. The van der Waals surface area contributed by atoms with Gasteiger partial charge in [-0.25, -0.2) is 0 Å². The van der Waals surface area contributed by atoms with Gasteiger partial charge in [0.1, 0.15) is 5.75 Å². The van der Waals surface area contributed by atoms with Gasteiger partial charge in [0, 0.05) is 23.7 Å². The van der Waals surface area contributed by atoms with Crippen LogP contribution in [-0.2, 0) is 0 Å². The molecule has 1 aromatic heterocycles. The number of rotatable bonds is 2. The molecule has 0 atom stereocenters. The average molecular weight is 242 g/mol. The Hall–Kier alpha value is -2.10. The van der Waals surface area contributed by atoms with Crippen LogP contribution in [0.4, 0.5) is 0 Å². The summed E-state index contributed by atoms with van der Waals surface area (Å²) in [5.41, 5.74) is 1.26. The highest BCUT2D eigenvalue weighted by atomic mass is 16.3. The minimum Gasteiger partial charge on any atom is -0.508 e. The van der Waals surface area contributed by atoms with Crippen molar-refractivity contribution in [1.29, 1.82) is 0 Å². The van der Waals surface area contributed by atoms with Gasteiger partial charge in [-0.2, -0.15) is 0 Å². The van der Waals surface area contributed by atoms with Crippen molar-refractivity contribution in [2.24, 2.45) is 0 Å². The second-order valence-corrected chi connectivity index (χ2v) is 4.70. The van der Waals surface area contributed by atoms with E-state index in [-0.39, 0.29) is 11.7 Å². The van der Waals surface area contributed by atoms with Gasteiger partial charge < -0.3 is 10.4 Å². The highest BCUT2D eigenvalue weighted by Crippen LogP contribution is 2.21. The molecule has 18 heavy (non-hydrogen) atoms. The predicted molar refractivity (Wildman–Crippen MR) is 68.5 cm³/mol. The molecule has 0 radical (unpaired) electrons. The lowest BCUT2D eigenvalue weighted by atomic mass is 9.93. The van der Waals surface area contributed by atoms with E-state index in [1.165, 1.54) is 6.42 Å². The van der Waals surface area contributed by atoms with Crippen LogP contribution < -0.4 is 5.32 Å². The number of carbonyl (C=O) groups is 1. The van der Waals surface area contributed by atoms with Crippen LogP contribution in [-0.4, -0.2) is 22.0 Å². The first-order valence-electron chi connectivity index (χ1n) is 6.12. The van der Waals surface area contributed by atoms with E-state index in [1.54, 1.807) is 30.5 Å². The van der Waals surface area contributed by atoms with E-state index in [4.69, 9.17) is 0 Å². The van der Waals surface area contributed by atoms with Gasteiger partial charge in [0.05, 0.1) is 11.1 Å². The maximum Gasteiger partial charge on any atom is 0.253 e. The van der Waals surface area contributed by atoms with Crippen molar-refractivity contribution in [1.82, 2.24) is 10.3 Å². The number of amides is 1. The van der Waals surface area contributed by atoms with E-state index >= 15 is 0 Å². The summed E-state index contributed by atoms with van der Waals surface area (Å²) in [4.78, 5) is 16.2. The minimum absolute atomic E-state index is 0.0674. The molecule has 1 fully saturated rings. The zero-order valence-electron chi connectivity index (χ0n) is 9.89. The van der Waals surface area contributed by atoms with Crippen LogP contribution in [0.25, 0.3) is 10.9 Å². The lowest BCUT2D eigenvalue weighted by Gasteiger charge is -2.26. The maximum absolute atomic E-state index is 12.0. The van der Waals surface area contributed by atoms with Crippen LogP contribution in [0.1, 0.15) is 29.6 Å². The molecule has 0 saturated heterocycles. The van der Waals surface area contributed by atoms with Gasteiger partial charge in [-0.1, -0.05) is 0 Å². The van der Waals surface area contributed by atoms with E-state index in [0.717, 1.165) is 18.2 Å². The van der Waals surface area contributed by atoms with Gasteiger partial charge in [0.15, 0.2) is 0 Å². The molecule has 1 aliphatic carbocycles. The van der Waals surface area contributed by atoms with Crippen LogP contribution in [0, 0.1) is 0 Å². The summed E-state index contributed by atoms with van der Waals surface area (Å²) in [6, 6.07) is 7.07. The Morgan fingerprint density at radius 3 is 2.89 bits per heavy atom. The standard InChI is InChI=1S/C14H14N2O2/c17-12-5-4-9-6-10(8-15-13(9)7-12)14(18)16-11-2-1-3-11/h4-8,11,17H,1-3H2,(H,16,18). The lowest BCUT2D eigenvalue weighted by Crippen LogP contribution is -2.39. The first-order chi connectivity index (χ1) is 8.72. The fraction of sp³-hybridized carbons (Fsp3) is 0.286. The second kappa shape index (κ2) is 4.29. The summed E-state index contributed by atoms with van der Waals surface area (Å²) in [6.07, 6.45) is 4.89. The summed E-state index contributed by atoms with van der Waals surface area (Å²) in [7, 11) is 0. The molecule has 1 saturated carbocycles. The summed E-state index contributed by atoms with van der Waals surface area (Å²) in [5, 5.41) is 13.2. The van der Waals surface area contributed by atoms with Crippen LogP contribution >= 0.6 is 0 Å². The molecule has 0 bridgehead atoms. The molecule has 1 amide bonds. The number of nitrogens with zero attached hydrogens (tertiary/aromatic N) is 1. The Labute approximate surface area is 105 Å². The topological polar surface area (TPSA) is 62.2 Å². The van der Waals surface area contributed by atoms with Gasteiger partial charge >= 0.3 is 0 Å². The molecule has 0 spiro atoms. The fourth-order valence-electron chi connectivity index (χ4n) is 2.06. The highest BCUT2D eigenvalue weighted by Gasteiger charge is 2.20. The van der Waals surface area contributed by atoms with E-state index in [0.29, 0.717) is 17.1 Å². The molecule has 0 unspecified atom stereocenters. The third-order valence-electron chi connectivity index (χ3n) is 3.37. The van der Waals surface area contributed by atoms with Gasteiger partial charge in [-0.15, -0.1) is 0 Å². The Bertz CT molecular complexity index is 606. The predicted octanol–water partition coefficient (Wildman–Crippen LogP) is 2.22. The molecular formula is C14H14N2O2. The summed E-state index contributed by atoms with van der Waals surface area (Å²) in [6.45, 7) is 0. The second-order valence-electron chi connectivity index (χ2n) is 4.70. The lowest BCUT2D eigenvalue weighted by molar-refractivity contribution is 0.0917. The molecule has 0 aliphatic heterocycles. The number of carbonyl (C=O) groups excluding carboxylic acids is 1. The number of pyridine rings is 1. The van der Waals surface area contributed by atoms with Crippen LogP contribution in [0.2, 0.25) is 0 Å². The number of aromatic hydroxyl groups is 1. The first kappa shape index (κ1) is 11.0. The largest absolute Gasteiger partial charge is 0.508 e. The zero-order valence-corrected chi connectivity index (χ0v) is 9.89. The summed E-state index contributed by atoms with van der Waals surface area (Å²) in [5.74, 6) is 0.115. The molecule has 2 N–H and O–H groups in total. The zero-order chi connectivity index (χ0) is 12.5. The molecule has 1 heterocycles. The Morgan fingerprint density at radius 2 is 2.17 bits per heavy atom. The summed E-state index contributed by atoms with van der Waals surface area (Å²) < 4.78 is 0. The minimum atomic E-state index is -0.0674. The highest BCUT2D eigenvalue weighted by molar-refractivity contribution is 5.97. The van der Waals surface area contributed by atoms with Crippen molar-refractivity contribution in [2.45, 2.75) is 25.3 Å². The molecule has 4 heteroatoms. The van der Waals surface area contributed by atoms with Crippen molar-refractivity contribution in [3.8, 4) is 5.75 Å². The maximum atomic E-state index is 12.0. The molecule has 3 rings (SSSR count). The van der Waals surface area contributed by atoms with Crippen molar-refractivity contribution in [3.05, 3.63) is 36.0 Å². The number of aromatic nitrogens is 1. The monoisotopic (exact) mass is 242 g/mol. The van der Waals surface area contributed by atoms with E-state index in [1.807, 2.05) is 0 Å². The normalized spacial score (nSPS) is 15.3. The van der Waals surface area contributed by atoms with Gasteiger partial charge in [-0.3, -0.25) is 9.78 Å². The SMILES string of the molecule is O=C(NC1CCC1)c1cnc2cc(O)ccc2c1. The van der Waals surface area contributed by atoms with E-state index in [2.05, 4.69) is 10.3 Å². The van der Waals surface area contributed by atoms with Gasteiger partial charge in [0.2, 0.25) is 0 Å². The van der Waals surface area contributed by atoms with Crippen LogP contribution in [0.15, 0.2) is 30.5 Å². The molecule has 4 nitrogen and oxygen atoms in total. The fourth-order valence-corrected chi connectivity index (χ4v) is 2.06. The number of benzene rings is 1. The van der Waals surface area contributed by atoms with E-state index in [9.17, 15) is 9.90 Å². The third kappa shape index (κ3) is 2.01. The van der Waals surface area contributed by atoms with Crippen molar-refractivity contribution in [2.75, 3.05) is 0 Å². The third-order valence-corrected chi connectivity index (χ3v) is 3.37. The average Bonchev–Trinajstić information content (AvgIpc) is 2.33. The molecule has 1 aromatic carbocycles. The number of nitrogens with one attached hydrogen (secondary N) is 1. The van der Waals surface area contributed by atoms with E-state index < -0.39 is 0 Å². The molecule has 1 aliphatic rings. The smallest absolute Gasteiger partial charge is 0.253 e. The van der Waals surface area contributed by atoms with Crippen LogP contribution in [0.3, 0.4) is 0 Å². The van der Waals surface area contributed by atoms with Crippen molar-refractivity contribution >= 4 is 16.8 Å². The number of hydrogen-bond acceptors (Lipinski definition) is 3. The number of fused-ring (bicyclic) bond motifs is 1. The molecule has 2 aromatic rings. The quantitative estimate of drug-likeness (QED) is 0.848. The molecule has 92 valence electrons. The van der Waals surface area contributed by atoms with Gasteiger partial charge in [0.25, 0.3) is 5.91 Å². The number of phenols is 1.